The molecule has 2 atom stereocenters. The van der Waals surface area contributed by atoms with Crippen LogP contribution < -0.4 is 10.6 Å². The van der Waals surface area contributed by atoms with Gasteiger partial charge in [-0.3, -0.25) is 4.98 Å². The van der Waals surface area contributed by atoms with Crippen molar-refractivity contribution in [3.63, 3.8) is 0 Å². The van der Waals surface area contributed by atoms with Gasteiger partial charge in [-0.1, -0.05) is 12.1 Å². The maximum Gasteiger partial charge on any atom is 0.172 e. The summed E-state index contributed by atoms with van der Waals surface area (Å²) in [6.07, 6.45) is 4.30. The van der Waals surface area contributed by atoms with Crippen LogP contribution in [0.3, 0.4) is 0 Å². The van der Waals surface area contributed by atoms with Gasteiger partial charge in [-0.2, -0.15) is 0 Å². The molecular weight excluding hydrogens is 232 g/mol. The van der Waals surface area contributed by atoms with Crippen LogP contribution in [0.2, 0.25) is 0 Å². The molecule has 0 amide bonds. The number of anilines is 1. The molecule has 0 radical (unpaired) electrons. The first-order chi connectivity index (χ1) is 8.69. The third-order valence-corrected chi connectivity index (χ3v) is 3.56. The summed E-state index contributed by atoms with van der Waals surface area (Å²) >= 11 is 0. The molecule has 0 aromatic carbocycles. The van der Waals surface area contributed by atoms with Crippen LogP contribution in [0.15, 0.2) is 23.6 Å². The monoisotopic (exact) mass is 250 g/mol. The Bertz CT molecular complexity index is 449. The third kappa shape index (κ3) is 2.11. The second-order valence-electron chi connectivity index (χ2n) is 4.59. The number of hydrogen-bond acceptors (Lipinski definition) is 5. The van der Waals surface area contributed by atoms with Crippen LogP contribution in [0.25, 0.3) is 0 Å². The zero-order valence-electron chi connectivity index (χ0n) is 10.3. The summed E-state index contributed by atoms with van der Waals surface area (Å²) in [6, 6.07) is 1.77. The molecule has 98 valence electrons. The van der Waals surface area contributed by atoms with Crippen molar-refractivity contribution in [1.82, 2.24) is 4.98 Å². The molecule has 0 aliphatic carbocycles. The zero-order chi connectivity index (χ0) is 13.1. The molecule has 0 spiro atoms. The third-order valence-electron chi connectivity index (χ3n) is 3.56. The number of aliphatic hydroxyl groups excluding tert-OH is 1. The van der Waals surface area contributed by atoms with E-state index in [0.29, 0.717) is 11.5 Å². The molecule has 2 heterocycles. The van der Waals surface area contributed by atoms with Crippen molar-refractivity contribution in [3.05, 3.63) is 24.0 Å². The van der Waals surface area contributed by atoms with Gasteiger partial charge in [0.1, 0.15) is 0 Å². The minimum absolute atomic E-state index is 0.0550. The number of aliphatic hydroxyl groups is 1. The van der Waals surface area contributed by atoms with E-state index in [1.165, 1.54) is 0 Å². The van der Waals surface area contributed by atoms with Gasteiger partial charge in [-0.15, -0.1) is 0 Å². The predicted octanol–water partition coefficient (Wildman–Crippen LogP) is 0.383. The highest BCUT2D eigenvalue weighted by Crippen LogP contribution is 2.31. The number of rotatable bonds is 3. The average molecular weight is 250 g/mol. The first-order valence-electron chi connectivity index (χ1n) is 5.98. The Hall–Kier alpha value is -1.82. The molecule has 1 aliphatic rings. The van der Waals surface area contributed by atoms with Crippen molar-refractivity contribution in [2.75, 3.05) is 18.1 Å². The second-order valence-corrected chi connectivity index (χ2v) is 4.59. The molecule has 1 fully saturated rings. The molecule has 2 rings (SSSR count). The smallest absolute Gasteiger partial charge is 0.172 e. The minimum Gasteiger partial charge on any atom is -0.409 e. The molecule has 18 heavy (non-hydrogen) atoms. The van der Waals surface area contributed by atoms with Crippen molar-refractivity contribution >= 4 is 11.5 Å². The molecule has 2 unspecified atom stereocenters. The van der Waals surface area contributed by atoms with Crippen molar-refractivity contribution in [2.24, 2.45) is 16.8 Å². The van der Waals surface area contributed by atoms with Gasteiger partial charge in [-0.05, 0) is 18.4 Å². The predicted molar refractivity (Wildman–Crippen MR) is 68.7 cm³/mol. The van der Waals surface area contributed by atoms with Gasteiger partial charge < -0.3 is 20.9 Å². The van der Waals surface area contributed by atoms with Crippen LogP contribution in [-0.2, 0) is 0 Å². The lowest BCUT2D eigenvalue weighted by molar-refractivity contribution is 0.244. The lowest BCUT2D eigenvalue weighted by Gasteiger charge is -2.28. The fourth-order valence-corrected chi connectivity index (χ4v) is 2.47. The first-order valence-corrected chi connectivity index (χ1v) is 5.98. The quantitative estimate of drug-likeness (QED) is 0.312. The van der Waals surface area contributed by atoms with Gasteiger partial charge in [0.25, 0.3) is 0 Å². The van der Waals surface area contributed by atoms with E-state index in [1.54, 1.807) is 18.5 Å². The summed E-state index contributed by atoms with van der Waals surface area (Å²) in [7, 11) is 0. The number of amidine groups is 1. The number of oxime groups is 1. The fourth-order valence-electron chi connectivity index (χ4n) is 2.47. The van der Waals surface area contributed by atoms with Crippen molar-refractivity contribution in [3.8, 4) is 0 Å². The van der Waals surface area contributed by atoms with Gasteiger partial charge in [0.15, 0.2) is 5.84 Å². The number of nitrogens with zero attached hydrogens (tertiary/aromatic N) is 3. The van der Waals surface area contributed by atoms with Crippen molar-refractivity contribution in [2.45, 2.75) is 19.4 Å². The number of nitrogens with two attached hydrogens (primary N) is 1. The van der Waals surface area contributed by atoms with E-state index in [1.807, 2.05) is 0 Å². The Morgan fingerprint density at radius 3 is 3.11 bits per heavy atom. The summed E-state index contributed by atoms with van der Waals surface area (Å²) in [5.74, 6) is 0.471. The number of pyridine rings is 1. The Labute approximate surface area is 106 Å². The van der Waals surface area contributed by atoms with Gasteiger partial charge in [0.2, 0.25) is 0 Å². The molecule has 1 aromatic heterocycles. The molecule has 6 nitrogen and oxygen atoms in total. The van der Waals surface area contributed by atoms with Crippen LogP contribution in [0, 0.1) is 5.92 Å². The molecule has 0 saturated carbocycles. The fraction of sp³-hybridized carbons (Fsp3) is 0.500. The van der Waals surface area contributed by atoms with E-state index in [2.05, 4.69) is 22.0 Å². The van der Waals surface area contributed by atoms with Crippen LogP contribution in [-0.4, -0.2) is 40.3 Å². The Kier molecular flexibility index (Phi) is 3.66. The molecule has 1 saturated heterocycles. The average Bonchev–Trinajstić information content (AvgIpc) is 2.78. The van der Waals surface area contributed by atoms with Crippen molar-refractivity contribution < 1.29 is 10.3 Å². The summed E-state index contributed by atoms with van der Waals surface area (Å²) < 4.78 is 0. The normalized spacial score (nSPS) is 24.6. The zero-order valence-corrected chi connectivity index (χ0v) is 10.3. The highest BCUT2D eigenvalue weighted by molar-refractivity contribution is 6.02. The van der Waals surface area contributed by atoms with Crippen LogP contribution >= 0.6 is 0 Å². The number of hydrogen-bond donors (Lipinski definition) is 3. The largest absolute Gasteiger partial charge is 0.409 e. The second kappa shape index (κ2) is 5.22. The summed E-state index contributed by atoms with van der Waals surface area (Å²) in [6.45, 7) is 3.04. The molecule has 1 aromatic rings. The lowest BCUT2D eigenvalue weighted by Crippen LogP contribution is -2.36. The Balaban J connectivity index is 2.39. The molecule has 4 N–H and O–H groups in total. The van der Waals surface area contributed by atoms with Gasteiger partial charge in [0, 0.05) is 18.3 Å². The van der Waals surface area contributed by atoms with E-state index < -0.39 is 0 Å². The first kappa shape index (κ1) is 12.6. The maximum absolute atomic E-state index is 9.48. The number of aromatic nitrogens is 1. The lowest BCUT2D eigenvalue weighted by atomic mass is 10.0. The van der Waals surface area contributed by atoms with E-state index >= 15 is 0 Å². The van der Waals surface area contributed by atoms with Gasteiger partial charge in [0.05, 0.1) is 24.5 Å². The maximum atomic E-state index is 9.48. The Morgan fingerprint density at radius 2 is 2.44 bits per heavy atom. The molecule has 1 aliphatic heterocycles. The molecule has 0 bridgehead atoms. The highest BCUT2D eigenvalue weighted by atomic mass is 16.4. The van der Waals surface area contributed by atoms with Crippen LogP contribution in [0.4, 0.5) is 5.69 Å². The topological polar surface area (TPSA) is 95.0 Å². The standard InChI is InChI=1S/C12H18N4O2/c1-8-3-5-16(11(8)7-17)10-6-14-4-2-9(10)12(13)15-18/h2,4,6,8,11,17-18H,3,5,7H2,1H3,(H2,13,15). The highest BCUT2D eigenvalue weighted by Gasteiger charge is 2.32. The summed E-state index contributed by atoms with van der Waals surface area (Å²) in [5, 5.41) is 21.3. The van der Waals surface area contributed by atoms with E-state index in [9.17, 15) is 5.11 Å². The minimum atomic E-state index is 0.0550. The summed E-state index contributed by atoms with van der Waals surface area (Å²) in [5.41, 5.74) is 7.11. The van der Waals surface area contributed by atoms with Gasteiger partial charge in [-0.25, -0.2) is 0 Å². The molecule has 6 heteroatoms. The summed E-state index contributed by atoms with van der Waals surface area (Å²) in [4.78, 5) is 6.16. The van der Waals surface area contributed by atoms with Crippen molar-refractivity contribution in [1.29, 1.82) is 0 Å². The van der Waals surface area contributed by atoms with E-state index in [4.69, 9.17) is 10.9 Å². The van der Waals surface area contributed by atoms with Crippen LogP contribution in [0.5, 0.6) is 0 Å². The van der Waals surface area contributed by atoms with E-state index in [-0.39, 0.29) is 18.5 Å². The Morgan fingerprint density at radius 1 is 1.67 bits per heavy atom. The van der Waals surface area contributed by atoms with Crippen LogP contribution in [0.1, 0.15) is 18.9 Å². The van der Waals surface area contributed by atoms with Gasteiger partial charge >= 0.3 is 0 Å². The molecular formula is C12H18N4O2. The SMILES string of the molecule is CC1CCN(c2cnccc2/C(N)=N/O)C1CO. The van der Waals surface area contributed by atoms with E-state index in [0.717, 1.165) is 18.7 Å².